The molecule has 2 rings (SSSR count). The predicted octanol–water partition coefficient (Wildman–Crippen LogP) is 6.27. The van der Waals surface area contributed by atoms with Crippen LogP contribution in [0.2, 0.25) is 0 Å². The summed E-state index contributed by atoms with van der Waals surface area (Å²) >= 11 is 0. The number of carbonyl (C=O) groups is 2. The van der Waals surface area contributed by atoms with Crippen LogP contribution in [0.15, 0.2) is 48.4 Å². The van der Waals surface area contributed by atoms with E-state index in [4.69, 9.17) is 4.74 Å². The molecule has 0 N–H and O–H groups in total. The molecule has 0 bridgehead atoms. The minimum absolute atomic E-state index is 0.109. The fourth-order valence-corrected chi connectivity index (χ4v) is 4.13. The van der Waals surface area contributed by atoms with Gasteiger partial charge in [-0.05, 0) is 75.6 Å². The molecule has 5 nitrogen and oxygen atoms in total. The van der Waals surface area contributed by atoms with Gasteiger partial charge in [0.25, 0.3) is 5.91 Å². The lowest BCUT2D eigenvalue weighted by Crippen LogP contribution is -2.42. The van der Waals surface area contributed by atoms with Crippen molar-refractivity contribution in [2.24, 2.45) is 17.3 Å². The molecule has 1 aromatic rings. The molecule has 0 fully saturated rings. The number of anilines is 1. The van der Waals surface area contributed by atoms with Crippen molar-refractivity contribution in [2.75, 3.05) is 18.1 Å². The highest BCUT2D eigenvalue weighted by Crippen LogP contribution is 2.35. The van der Waals surface area contributed by atoms with Crippen LogP contribution < -0.4 is 4.90 Å². The van der Waals surface area contributed by atoms with E-state index >= 15 is 0 Å². The summed E-state index contributed by atoms with van der Waals surface area (Å²) in [6.45, 7) is 17.4. The topological polar surface area (TPSA) is 49.9 Å². The Balaban J connectivity index is 1.85. The van der Waals surface area contributed by atoms with Gasteiger partial charge in [0.2, 0.25) is 0 Å². The second kappa shape index (κ2) is 11.5. The largest absolute Gasteiger partial charge is 0.465 e. The van der Waals surface area contributed by atoms with E-state index in [-0.39, 0.29) is 23.6 Å². The molecule has 0 saturated heterocycles. The molecule has 1 aliphatic rings. The molecule has 1 atom stereocenters. The SMILES string of the molecule is C=C1N(CCCCCOC(=O)C(C)(CC(C)C)C(C)C)C=C(C)C(=O)N1c1ccc(F)cc1. The van der Waals surface area contributed by atoms with E-state index in [0.717, 1.165) is 25.7 Å². The number of hydrogen-bond acceptors (Lipinski definition) is 4. The third-order valence-corrected chi connectivity index (χ3v) is 6.41. The number of halogens is 1. The van der Waals surface area contributed by atoms with Crippen LogP contribution in [0, 0.1) is 23.1 Å². The molecule has 1 amide bonds. The molecule has 6 heteroatoms. The Hall–Kier alpha value is -2.63. The van der Waals surface area contributed by atoms with Crippen LogP contribution in [-0.4, -0.2) is 29.9 Å². The third-order valence-electron chi connectivity index (χ3n) is 6.41. The summed E-state index contributed by atoms with van der Waals surface area (Å²) < 4.78 is 18.9. The lowest BCUT2D eigenvalue weighted by Gasteiger charge is -2.36. The standard InChI is InChI=1S/C27H39FN2O3/c1-19(2)17-27(7,20(3)4)26(32)33-16-10-8-9-15-29-18-21(5)25(31)30(22(29)6)24-13-11-23(28)12-14-24/h11-14,18-20H,6,8-10,15-17H2,1-5,7H3. The number of esters is 1. The number of amides is 1. The second-order valence-electron chi connectivity index (χ2n) is 9.91. The van der Waals surface area contributed by atoms with Crippen molar-refractivity contribution in [3.8, 4) is 0 Å². The minimum Gasteiger partial charge on any atom is -0.465 e. The van der Waals surface area contributed by atoms with E-state index in [2.05, 4.69) is 34.3 Å². The van der Waals surface area contributed by atoms with Crippen LogP contribution >= 0.6 is 0 Å². The summed E-state index contributed by atoms with van der Waals surface area (Å²) in [4.78, 5) is 28.8. The molecule has 0 saturated carbocycles. The Morgan fingerprint density at radius 3 is 2.33 bits per heavy atom. The lowest BCUT2D eigenvalue weighted by atomic mass is 9.73. The summed E-state index contributed by atoms with van der Waals surface area (Å²) in [6, 6.07) is 5.82. The van der Waals surface area contributed by atoms with Gasteiger partial charge in [0.05, 0.1) is 17.7 Å². The Morgan fingerprint density at radius 2 is 1.76 bits per heavy atom. The molecule has 1 heterocycles. The first-order valence-corrected chi connectivity index (χ1v) is 11.9. The normalized spacial score (nSPS) is 16.3. The molecule has 33 heavy (non-hydrogen) atoms. The first-order valence-electron chi connectivity index (χ1n) is 11.9. The van der Waals surface area contributed by atoms with Gasteiger partial charge in [-0.25, -0.2) is 4.39 Å². The zero-order valence-electron chi connectivity index (χ0n) is 21.0. The number of benzene rings is 1. The molecule has 0 spiro atoms. The van der Waals surface area contributed by atoms with Gasteiger partial charge in [0.15, 0.2) is 0 Å². The molecular formula is C27H39FN2O3. The molecule has 1 aromatic carbocycles. The van der Waals surface area contributed by atoms with Crippen LogP contribution in [0.25, 0.3) is 0 Å². The first-order chi connectivity index (χ1) is 15.5. The van der Waals surface area contributed by atoms with Gasteiger partial charge in [-0.15, -0.1) is 0 Å². The Labute approximate surface area is 198 Å². The molecule has 0 aromatic heterocycles. The zero-order valence-corrected chi connectivity index (χ0v) is 21.0. The van der Waals surface area contributed by atoms with Gasteiger partial charge < -0.3 is 9.64 Å². The molecule has 1 aliphatic heterocycles. The van der Waals surface area contributed by atoms with Crippen molar-refractivity contribution in [3.05, 3.63) is 54.3 Å². The van der Waals surface area contributed by atoms with Crippen LogP contribution in [0.4, 0.5) is 10.1 Å². The molecule has 0 radical (unpaired) electrons. The molecule has 1 unspecified atom stereocenters. The van der Waals surface area contributed by atoms with Crippen LogP contribution in [0.5, 0.6) is 0 Å². The van der Waals surface area contributed by atoms with E-state index < -0.39 is 5.41 Å². The zero-order chi connectivity index (χ0) is 24.8. The van der Waals surface area contributed by atoms with Gasteiger partial charge in [0.1, 0.15) is 11.6 Å². The predicted molar refractivity (Wildman–Crippen MR) is 131 cm³/mol. The van der Waals surface area contributed by atoms with Crippen LogP contribution in [0.3, 0.4) is 0 Å². The molecular weight excluding hydrogens is 419 g/mol. The maximum Gasteiger partial charge on any atom is 0.312 e. The first kappa shape index (κ1) is 26.6. The maximum absolute atomic E-state index is 13.3. The fourth-order valence-electron chi connectivity index (χ4n) is 4.13. The third kappa shape index (κ3) is 6.68. The Morgan fingerprint density at radius 1 is 1.12 bits per heavy atom. The number of nitrogens with zero attached hydrogens (tertiary/aromatic N) is 2. The van der Waals surface area contributed by atoms with E-state index in [9.17, 15) is 14.0 Å². The van der Waals surface area contributed by atoms with E-state index in [1.807, 2.05) is 18.0 Å². The van der Waals surface area contributed by atoms with Crippen LogP contribution in [-0.2, 0) is 14.3 Å². The number of rotatable bonds is 11. The number of carbonyl (C=O) groups excluding carboxylic acids is 2. The quantitative estimate of drug-likeness (QED) is 0.290. The van der Waals surface area contributed by atoms with Gasteiger partial charge in [-0.1, -0.05) is 34.3 Å². The number of hydrogen-bond donors (Lipinski definition) is 0. The summed E-state index contributed by atoms with van der Waals surface area (Å²) in [5.41, 5.74) is 0.724. The van der Waals surface area contributed by atoms with Gasteiger partial charge in [-0.2, -0.15) is 0 Å². The molecule has 0 aliphatic carbocycles. The Kier molecular flexibility index (Phi) is 9.26. The van der Waals surface area contributed by atoms with E-state index in [1.165, 1.54) is 17.0 Å². The van der Waals surface area contributed by atoms with Crippen molar-refractivity contribution in [1.82, 2.24) is 4.90 Å². The summed E-state index contributed by atoms with van der Waals surface area (Å²) in [5.74, 6) is 0.577. The van der Waals surface area contributed by atoms with E-state index in [1.54, 1.807) is 19.1 Å². The second-order valence-corrected chi connectivity index (χ2v) is 9.91. The van der Waals surface area contributed by atoms with E-state index in [0.29, 0.717) is 36.2 Å². The summed E-state index contributed by atoms with van der Waals surface area (Å²) in [6.07, 6.45) is 5.15. The van der Waals surface area contributed by atoms with Crippen molar-refractivity contribution in [2.45, 2.75) is 67.2 Å². The highest BCUT2D eigenvalue weighted by atomic mass is 19.1. The maximum atomic E-state index is 13.3. The molecule has 182 valence electrons. The van der Waals surface area contributed by atoms with Crippen molar-refractivity contribution >= 4 is 17.6 Å². The van der Waals surface area contributed by atoms with Crippen molar-refractivity contribution < 1.29 is 18.7 Å². The van der Waals surface area contributed by atoms with Crippen molar-refractivity contribution in [3.63, 3.8) is 0 Å². The van der Waals surface area contributed by atoms with Crippen LogP contribution in [0.1, 0.15) is 67.2 Å². The van der Waals surface area contributed by atoms with Gasteiger partial charge >= 0.3 is 5.97 Å². The van der Waals surface area contributed by atoms with Crippen molar-refractivity contribution in [1.29, 1.82) is 0 Å². The minimum atomic E-state index is -0.460. The van der Waals surface area contributed by atoms with Gasteiger partial charge in [0, 0.05) is 18.3 Å². The highest BCUT2D eigenvalue weighted by molar-refractivity contribution is 6.08. The average molecular weight is 459 g/mol. The monoisotopic (exact) mass is 458 g/mol. The lowest BCUT2D eigenvalue weighted by molar-refractivity contribution is -0.159. The highest BCUT2D eigenvalue weighted by Gasteiger charge is 2.38. The number of unbranched alkanes of at least 4 members (excludes halogenated alkanes) is 2. The Bertz CT molecular complexity index is 876. The summed E-state index contributed by atoms with van der Waals surface area (Å²) in [7, 11) is 0. The number of ether oxygens (including phenoxy) is 1. The smallest absolute Gasteiger partial charge is 0.312 e. The fraction of sp³-hybridized carbons (Fsp3) is 0.556. The summed E-state index contributed by atoms with van der Waals surface area (Å²) in [5, 5.41) is 0. The average Bonchev–Trinajstić information content (AvgIpc) is 2.74. The van der Waals surface area contributed by atoms with Gasteiger partial charge in [-0.3, -0.25) is 14.5 Å².